The van der Waals surface area contributed by atoms with Gasteiger partial charge in [-0.2, -0.15) is 0 Å². The smallest absolute Gasteiger partial charge is 0.225 e. The number of nitrogens with one attached hydrogen (secondary N) is 2. The van der Waals surface area contributed by atoms with Gasteiger partial charge in [0.1, 0.15) is 11.6 Å². The summed E-state index contributed by atoms with van der Waals surface area (Å²) in [5.41, 5.74) is 1.51. The number of carbonyl (C=O) groups is 1. The van der Waals surface area contributed by atoms with Gasteiger partial charge < -0.3 is 10.6 Å². The van der Waals surface area contributed by atoms with Gasteiger partial charge in [0.2, 0.25) is 11.0 Å². The predicted octanol–water partition coefficient (Wildman–Crippen LogP) is 4.55. The molecule has 0 radical (unpaired) electrons. The van der Waals surface area contributed by atoms with Crippen LogP contribution in [-0.2, 0) is 11.3 Å². The Morgan fingerprint density at radius 1 is 1.00 bits per heavy atom. The summed E-state index contributed by atoms with van der Waals surface area (Å²) in [4.78, 5) is 11.9. The number of nitrogens with zero attached hydrogens (tertiary/aromatic N) is 2. The van der Waals surface area contributed by atoms with Crippen LogP contribution in [0.2, 0.25) is 0 Å². The van der Waals surface area contributed by atoms with Crippen LogP contribution in [0.25, 0.3) is 0 Å². The van der Waals surface area contributed by atoms with Gasteiger partial charge in [0.15, 0.2) is 4.34 Å². The van der Waals surface area contributed by atoms with Crippen LogP contribution >= 0.6 is 23.1 Å². The highest BCUT2D eigenvalue weighted by atomic mass is 32.2. The van der Waals surface area contributed by atoms with Gasteiger partial charge in [0.25, 0.3) is 0 Å². The largest absolute Gasteiger partial charge is 0.356 e. The summed E-state index contributed by atoms with van der Waals surface area (Å²) in [6.45, 7) is 0.527. The Morgan fingerprint density at radius 3 is 2.37 bits per heavy atom. The van der Waals surface area contributed by atoms with Crippen molar-refractivity contribution >= 4 is 39.8 Å². The molecule has 1 heterocycles. The standard InChI is InChI=1S/C18H16F2N4OS2/c19-13-3-1-12(2-4-13)11-21-17-23-24-18(27-17)26-10-9-16(25)22-15-7-5-14(20)6-8-15/h1-8H,9-11H2,(H,21,23)(H,22,25). The van der Waals surface area contributed by atoms with Crippen molar-refractivity contribution in [3.63, 3.8) is 0 Å². The van der Waals surface area contributed by atoms with Crippen LogP contribution in [0.15, 0.2) is 52.9 Å². The zero-order valence-electron chi connectivity index (χ0n) is 14.1. The van der Waals surface area contributed by atoms with Crippen molar-refractivity contribution in [2.24, 2.45) is 0 Å². The minimum Gasteiger partial charge on any atom is -0.356 e. The Labute approximate surface area is 163 Å². The van der Waals surface area contributed by atoms with Gasteiger partial charge >= 0.3 is 0 Å². The Morgan fingerprint density at radius 2 is 1.67 bits per heavy atom. The van der Waals surface area contributed by atoms with Crippen molar-refractivity contribution in [3.8, 4) is 0 Å². The van der Waals surface area contributed by atoms with Gasteiger partial charge in [0.05, 0.1) is 0 Å². The first-order chi connectivity index (χ1) is 13.1. The molecule has 0 unspecified atom stereocenters. The summed E-state index contributed by atoms with van der Waals surface area (Å²) in [6.07, 6.45) is 0.306. The maximum atomic E-state index is 12.9. The average molecular weight is 406 g/mol. The molecule has 2 aromatic carbocycles. The molecular weight excluding hydrogens is 390 g/mol. The second-order valence-corrected chi connectivity index (χ2v) is 7.83. The highest BCUT2D eigenvalue weighted by molar-refractivity contribution is 8.01. The number of hydrogen-bond donors (Lipinski definition) is 2. The normalized spacial score (nSPS) is 10.6. The van der Waals surface area contributed by atoms with Crippen LogP contribution in [0.5, 0.6) is 0 Å². The van der Waals surface area contributed by atoms with E-state index in [0.717, 1.165) is 9.90 Å². The summed E-state index contributed by atoms with van der Waals surface area (Å²) in [7, 11) is 0. The lowest BCUT2D eigenvalue weighted by Gasteiger charge is -2.04. The third-order valence-corrected chi connectivity index (χ3v) is 5.46. The van der Waals surface area contributed by atoms with E-state index in [0.29, 0.717) is 29.5 Å². The first kappa shape index (κ1) is 19.2. The van der Waals surface area contributed by atoms with E-state index in [4.69, 9.17) is 0 Å². The molecule has 5 nitrogen and oxygen atoms in total. The fourth-order valence-electron chi connectivity index (χ4n) is 2.11. The first-order valence-corrected chi connectivity index (χ1v) is 9.89. The lowest BCUT2D eigenvalue weighted by Crippen LogP contribution is -2.12. The van der Waals surface area contributed by atoms with E-state index in [1.165, 1.54) is 59.5 Å². The maximum absolute atomic E-state index is 12.9. The highest BCUT2D eigenvalue weighted by Crippen LogP contribution is 2.26. The molecule has 1 aromatic heterocycles. The number of thioether (sulfide) groups is 1. The minimum atomic E-state index is -0.344. The van der Waals surface area contributed by atoms with Crippen molar-refractivity contribution in [1.29, 1.82) is 0 Å². The quantitative estimate of drug-likeness (QED) is 0.537. The number of halogens is 2. The molecule has 3 aromatic rings. The van der Waals surface area contributed by atoms with Crippen molar-refractivity contribution in [3.05, 3.63) is 65.7 Å². The maximum Gasteiger partial charge on any atom is 0.225 e. The molecule has 140 valence electrons. The molecule has 2 N–H and O–H groups in total. The average Bonchev–Trinajstić information content (AvgIpc) is 3.11. The van der Waals surface area contributed by atoms with E-state index in [-0.39, 0.29) is 17.5 Å². The van der Waals surface area contributed by atoms with Crippen LogP contribution in [0.4, 0.5) is 19.6 Å². The number of aromatic nitrogens is 2. The highest BCUT2D eigenvalue weighted by Gasteiger charge is 2.07. The molecule has 27 heavy (non-hydrogen) atoms. The zero-order chi connectivity index (χ0) is 19.1. The Balaban J connectivity index is 1.39. The predicted molar refractivity (Wildman–Crippen MR) is 104 cm³/mol. The first-order valence-electron chi connectivity index (χ1n) is 8.08. The molecule has 1 amide bonds. The number of hydrogen-bond acceptors (Lipinski definition) is 6. The molecule has 0 aliphatic heterocycles. The fraction of sp³-hybridized carbons (Fsp3) is 0.167. The van der Waals surface area contributed by atoms with E-state index in [2.05, 4.69) is 20.8 Å². The van der Waals surface area contributed by atoms with Crippen molar-refractivity contribution in [2.75, 3.05) is 16.4 Å². The minimum absolute atomic E-state index is 0.145. The fourth-order valence-corrected chi connectivity index (χ4v) is 3.86. The Bertz CT molecular complexity index is 885. The lowest BCUT2D eigenvalue weighted by molar-refractivity contribution is -0.115. The lowest BCUT2D eigenvalue weighted by atomic mass is 10.2. The van der Waals surface area contributed by atoms with Gasteiger partial charge in [-0.15, -0.1) is 10.2 Å². The number of benzene rings is 2. The van der Waals surface area contributed by atoms with Gasteiger partial charge in [-0.3, -0.25) is 4.79 Å². The van der Waals surface area contributed by atoms with E-state index < -0.39 is 0 Å². The second-order valence-electron chi connectivity index (χ2n) is 5.51. The zero-order valence-corrected chi connectivity index (χ0v) is 15.7. The third kappa shape index (κ3) is 6.30. The third-order valence-electron chi connectivity index (χ3n) is 3.45. The van der Waals surface area contributed by atoms with Gasteiger partial charge in [-0.25, -0.2) is 8.78 Å². The molecule has 0 saturated carbocycles. The number of carbonyl (C=O) groups excluding carboxylic acids is 1. The van der Waals surface area contributed by atoms with Crippen molar-refractivity contribution in [2.45, 2.75) is 17.3 Å². The molecule has 0 fully saturated rings. The molecule has 0 aliphatic carbocycles. The van der Waals surface area contributed by atoms with Gasteiger partial charge in [-0.1, -0.05) is 35.2 Å². The van der Waals surface area contributed by atoms with Crippen LogP contribution in [0.1, 0.15) is 12.0 Å². The van der Waals surface area contributed by atoms with E-state index >= 15 is 0 Å². The van der Waals surface area contributed by atoms with Crippen LogP contribution in [0, 0.1) is 11.6 Å². The molecule has 0 spiro atoms. The van der Waals surface area contributed by atoms with E-state index in [1.54, 1.807) is 12.1 Å². The van der Waals surface area contributed by atoms with Gasteiger partial charge in [0, 0.05) is 24.4 Å². The molecule has 0 saturated heterocycles. The monoisotopic (exact) mass is 406 g/mol. The number of rotatable bonds is 8. The Kier molecular flexibility index (Phi) is 6.72. The molecule has 0 atom stereocenters. The molecule has 9 heteroatoms. The van der Waals surface area contributed by atoms with Crippen molar-refractivity contribution < 1.29 is 13.6 Å². The summed E-state index contributed by atoms with van der Waals surface area (Å²) >= 11 is 2.84. The SMILES string of the molecule is O=C(CCSc1nnc(NCc2ccc(F)cc2)s1)Nc1ccc(F)cc1. The molecular formula is C18H16F2N4OS2. The topological polar surface area (TPSA) is 66.9 Å². The van der Waals surface area contributed by atoms with E-state index in [1.807, 2.05) is 0 Å². The van der Waals surface area contributed by atoms with Crippen LogP contribution < -0.4 is 10.6 Å². The van der Waals surface area contributed by atoms with Crippen LogP contribution in [0.3, 0.4) is 0 Å². The molecule has 0 aliphatic rings. The molecule has 3 rings (SSSR count). The number of anilines is 2. The summed E-state index contributed by atoms with van der Waals surface area (Å²) in [5.74, 6) is -0.201. The second kappa shape index (κ2) is 9.43. The van der Waals surface area contributed by atoms with E-state index in [9.17, 15) is 13.6 Å². The van der Waals surface area contributed by atoms with Crippen LogP contribution in [-0.4, -0.2) is 21.9 Å². The van der Waals surface area contributed by atoms with Gasteiger partial charge in [-0.05, 0) is 42.0 Å². The summed E-state index contributed by atoms with van der Waals surface area (Å²) in [6, 6.07) is 11.9. The Hall–Kier alpha value is -2.52. The molecule has 0 bridgehead atoms. The summed E-state index contributed by atoms with van der Waals surface area (Å²) < 4.78 is 26.5. The number of amides is 1. The summed E-state index contributed by atoms with van der Waals surface area (Å²) in [5, 5.41) is 14.6. The van der Waals surface area contributed by atoms with Crippen molar-refractivity contribution in [1.82, 2.24) is 10.2 Å².